The van der Waals surface area contributed by atoms with E-state index in [0.717, 1.165) is 37.3 Å². The maximum atomic E-state index is 5.73. The van der Waals surface area contributed by atoms with Crippen LogP contribution in [0.1, 0.15) is 24.9 Å². The highest BCUT2D eigenvalue weighted by molar-refractivity contribution is 5.29. The van der Waals surface area contributed by atoms with Crippen molar-refractivity contribution in [3.8, 4) is 0 Å². The largest absolute Gasteiger partial charge is 0.384 e. The van der Waals surface area contributed by atoms with Crippen molar-refractivity contribution in [1.29, 1.82) is 0 Å². The van der Waals surface area contributed by atoms with Crippen molar-refractivity contribution in [2.24, 2.45) is 0 Å². The molecule has 0 unspecified atom stereocenters. The standard InChI is InChI=1S/C11H20N4/c1-4-5-9-8-10(12)14-11(13-9)6-7-15(2)3/h8H,4-7H2,1-3H3,(H2,12,13,14). The van der Waals surface area contributed by atoms with Gasteiger partial charge in [0.15, 0.2) is 0 Å². The molecule has 1 heterocycles. The van der Waals surface area contributed by atoms with Crippen molar-refractivity contribution in [1.82, 2.24) is 14.9 Å². The van der Waals surface area contributed by atoms with Gasteiger partial charge in [0.2, 0.25) is 0 Å². The summed E-state index contributed by atoms with van der Waals surface area (Å²) in [4.78, 5) is 10.8. The molecule has 0 aliphatic heterocycles. The third-order valence-electron chi connectivity index (χ3n) is 2.13. The lowest BCUT2D eigenvalue weighted by molar-refractivity contribution is 0.409. The van der Waals surface area contributed by atoms with Crippen LogP contribution >= 0.6 is 0 Å². The van der Waals surface area contributed by atoms with Crippen LogP contribution in [0.15, 0.2) is 6.07 Å². The minimum absolute atomic E-state index is 0.585. The van der Waals surface area contributed by atoms with Gasteiger partial charge in [-0.25, -0.2) is 9.97 Å². The molecule has 0 aliphatic rings. The highest BCUT2D eigenvalue weighted by Gasteiger charge is 2.02. The van der Waals surface area contributed by atoms with Crippen molar-refractivity contribution in [3.05, 3.63) is 17.6 Å². The van der Waals surface area contributed by atoms with Gasteiger partial charge >= 0.3 is 0 Å². The van der Waals surface area contributed by atoms with Gasteiger partial charge in [0.05, 0.1) is 0 Å². The lowest BCUT2D eigenvalue weighted by Crippen LogP contribution is -2.17. The number of nitrogen functional groups attached to an aromatic ring is 1. The topological polar surface area (TPSA) is 55.0 Å². The van der Waals surface area contributed by atoms with E-state index in [1.54, 1.807) is 0 Å². The number of hydrogen-bond donors (Lipinski definition) is 1. The quantitative estimate of drug-likeness (QED) is 0.787. The monoisotopic (exact) mass is 208 g/mol. The second-order valence-corrected chi connectivity index (χ2v) is 4.00. The third kappa shape index (κ3) is 4.25. The Bertz CT molecular complexity index is 309. The summed E-state index contributed by atoms with van der Waals surface area (Å²) in [5.74, 6) is 1.44. The molecular formula is C11H20N4. The van der Waals surface area contributed by atoms with Crippen LogP contribution in [-0.4, -0.2) is 35.5 Å². The van der Waals surface area contributed by atoms with Crippen LogP contribution in [0, 0.1) is 0 Å². The molecule has 1 aromatic heterocycles. The van der Waals surface area contributed by atoms with E-state index in [4.69, 9.17) is 5.73 Å². The molecule has 4 nitrogen and oxygen atoms in total. The Hall–Kier alpha value is -1.16. The van der Waals surface area contributed by atoms with Crippen LogP contribution in [0.5, 0.6) is 0 Å². The van der Waals surface area contributed by atoms with Crippen LogP contribution < -0.4 is 5.73 Å². The Labute approximate surface area is 91.5 Å². The first-order chi connectivity index (χ1) is 7.11. The van der Waals surface area contributed by atoms with E-state index in [2.05, 4.69) is 21.8 Å². The van der Waals surface area contributed by atoms with Crippen LogP contribution in [-0.2, 0) is 12.8 Å². The van der Waals surface area contributed by atoms with E-state index in [1.807, 2.05) is 20.2 Å². The molecular weight excluding hydrogens is 188 g/mol. The van der Waals surface area contributed by atoms with Crippen LogP contribution in [0.25, 0.3) is 0 Å². The molecule has 0 saturated heterocycles. The highest BCUT2D eigenvalue weighted by atomic mass is 15.1. The predicted octanol–water partition coefficient (Wildman–Crippen LogP) is 1.12. The second-order valence-electron chi connectivity index (χ2n) is 4.00. The minimum Gasteiger partial charge on any atom is -0.384 e. The van der Waals surface area contributed by atoms with E-state index >= 15 is 0 Å². The predicted molar refractivity (Wildman–Crippen MR) is 62.7 cm³/mol. The van der Waals surface area contributed by atoms with Gasteiger partial charge in [-0.3, -0.25) is 0 Å². The first-order valence-corrected chi connectivity index (χ1v) is 5.39. The van der Waals surface area contributed by atoms with Crippen LogP contribution in [0.3, 0.4) is 0 Å². The molecule has 0 fully saturated rings. The van der Waals surface area contributed by atoms with E-state index in [0.29, 0.717) is 5.82 Å². The average Bonchev–Trinajstić information content (AvgIpc) is 2.14. The summed E-state index contributed by atoms with van der Waals surface area (Å²) >= 11 is 0. The number of hydrogen-bond acceptors (Lipinski definition) is 4. The van der Waals surface area contributed by atoms with Gasteiger partial charge in [0, 0.05) is 24.7 Å². The molecule has 15 heavy (non-hydrogen) atoms. The zero-order valence-electron chi connectivity index (χ0n) is 9.82. The van der Waals surface area contributed by atoms with Crippen molar-refractivity contribution in [2.45, 2.75) is 26.2 Å². The molecule has 0 saturated carbocycles. The molecule has 0 spiro atoms. The average molecular weight is 208 g/mol. The Morgan fingerprint density at radius 3 is 2.60 bits per heavy atom. The number of nitrogens with zero attached hydrogens (tertiary/aromatic N) is 3. The molecule has 1 aromatic rings. The van der Waals surface area contributed by atoms with Gasteiger partial charge in [-0.1, -0.05) is 13.3 Å². The van der Waals surface area contributed by atoms with E-state index in [-0.39, 0.29) is 0 Å². The summed E-state index contributed by atoms with van der Waals surface area (Å²) in [5.41, 5.74) is 6.79. The maximum absolute atomic E-state index is 5.73. The van der Waals surface area contributed by atoms with Gasteiger partial charge in [-0.2, -0.15) is 0 Å². The number of aryl methyl sites for hydroxylation is 1. The summed E-state index contributed by atoms with van der Waals surface area (Å²) < 4.78 is 0. The Morgan fingerprint density at radius 2 is 2.00 bits per heavy atom. The highest BCUT2D eigenvalue weighted by Crippen LogP contribution is 2.06. The van der Waals surface area contributed by atoms with Gasteiger partial charge in [-0.15, -0.1) is 0 Å². The third-order valence-corrected chi connectivity index (χ3v) is 2.13. The molecule has 1 rings (SSSR count). The van der Waals surface area contributed by atoms with Gasteiger partial charge in [0.1, 0.15) is 11.6 Å². The summed E-state index contributed by atoms with van der Waals surface area (Å²) in [5, 5.41) is 0. The smallest absolute Gasteiger partial charge is 0.132 e. The second kappa shape index (κ2) is 5.66. The fraction of sp³-hybridized carbons (Fsp3) is 0.636. The zero-order chi connectivity index (χ0) is 11.3. The van der Waals surface area contributed by atoms with Crippen LogP contribution in [0.4, 0.5) is 5.82 Å². The minimum atomic E-state index is 0.585. The summed E-state index contributed by atoms with van der Waals surface area (Å²) in [6.07, 6.45) is 2.92. The number of likely N-dealkylation sites (N-methyl/N-ethyl adjacent to an activating group) is 1. The molecule has 0 aromatic carbocycles. The summed E-state index contributed by atoms with van der Waals surface area (Å²) in [6.45, 7) is 3.09. The molecule has 0 bridgehead atoms. The molecule has 2 N–H and O–H groups in total. The van der Waals surface area contributed by atoms with Crippen molar-refractivity contribution >= 4 is 5.82 Å². The van der Waals surface area contributed by atoms with Gasteiger partial charge in [0.25, 0.3) is 0 Å². The molecule has 0 aliphatic carbocycles. The lowest BCUT2D eigenvalue weighted by atomic mass is 10.2. The maximum Gasteiger partial charge on any atom is 0.132 e. The molecule has 4 heteroatoms. The first-order valence-electron chi connectivity index (χ1n) is 5.39. The Balaban J connectivity index is 2.70. The first kappa shape index (κ1) is 11.9. The van der Waals surface area contributed by atoms with Crippen molar-refractivity contribution in [3.63, 3.8) is 0 Å². The number of nitrogens with two attached hydrogens (primary N) is 1. The summed E-state index contributed by atoms with van der Waals surface area (Å²) in [6, 6.07) is 1.86. The lowest BCUT2D eigenvalue weighted by Gasteiger charge is -2.09. The zero-order valence-corrected chi connectivity index (χ0v) is 9.82. The van der Waals surface area contributed by atoms with Gasteiger partial charge < -0.3 is 10.6 Å². The SMILES string of the molecule is CCCc1cc(N)nc(CCN(C)C)n1. The fourth-order valence-corrected chi connectivity index (χ4v) is 1.39. The Kier molecular flexibility index (Phi) is 4.49. The van der Waals surface area contributed by atoms with Gasteiger partial charge in [-0.05, 0) is 20.5 Å². The Morgan fingerprint density at radius 1 is 1.27 bits per heavy atom. The van der Waals surface area contributed by atoms with E-state index < -0.39 is 0 Å². The molecule has 84 valence electrons. The fourth-order valence-electron chi connectivity index (χ4n) is 1.39. The summed E-state index contributed by atoms with van der Waals surface area (Å²) in [7, 11) is 4.08. The normalized spacial score (nSPS) is 10.9. The van der Waals surface area contributed by atoms with Crippen molar-refractivity contribution in [2.75, 3.05) is 26.4 Å². The molecule has 0 radical (unpaired) electrons. The van der Waals surface area contributed by atoms with E-state index in [1.165, 1.54) is 0 Å². The van der Waals surface area contributed by atoms with E-state index in [9.17, 15) is 0 Å². The number of anilines is 1. The van der Waals surface area contributed by atoms with Crippen molar-refractivity contribution < 1.29 is 0 Å². The molecule has 0 atom stereocenters. The number of rotatable bonds is 5. The van der Waals surface area contributed by atoms with Crippen LogP contribution in [0.2, 0.25) is 0 Å². The molecule has 0 amide bonds. The number of aromatic nitrogens is 2.